The van der Waals surface area contributed by atoms with Crippen molar-refractivity contribution in [1.29, 1.82) is 0 Å². The summed E-state index contributed by atoms with van der Waals surface area (Å²) in [6.45, 7) is 4.86. The molecule has 11 N–H and O–H groups in total. The largest absolute Gasteiger partial charge is 0.396 e. The first-order chi connectivity index (χ1) is 45.8. The maximum Gasteiger partial charge on any atom is 0.356 e. The first-order valence-corrected chi connectivity index (χ1v) is 40.7. The Labute approximate surface area is 575 Å². The first kappa shape index (κ1) is 77.6. The second-order valence-corrected chi connectivity index (χ2v) is 34.6. The van der Waals surface area contributed by atoms with E-state index in [1.54, 1.807) is 51.0 Å². The highest BCUT2D eigenvalue weighted by molar-refractivity contribution is 9.10. The number of aryl methyl sites for hydroxylation is 1. The summed E-state index contributed by atoms with van der Waals surface area (Å²) in [7, 11) is -11.2. The normalized spacial score (nSPS) is 14.1. The molecule has 522 valence electrons. The summed E-state index contributed by atoms with van der Waals surface area (Å²) in [6.07, 6.45) is 3.72. The Morgan fingerprint density at radius 3 is 1.40 bits per heavy atom. The molecule has 3 aromatic carbocycles. The van der Waals surface area contributed by atoms with Gasteiger partial charge in [0.2, 0.25) is 25.2 Å². The molecule has 41 heteroatoms. The van der Waals surface area contributed by atoms with Crippen LogP contribution in [0.3, 0.4) is 0 Å². The monoisotopic (exact) mass is 1550 g/mol. The number of aromatic amines is 3. The molecule has 0 aliphatic rings. The maximum atomic E-state index is 13.9. The minimum absolute atomic E-state index is 0.00206. The van der Waals surface area contributed by atoms with Crippen molar-refractivity contribution in [3.63, 3.8) is 0 Å². The van der Waals surface area contributed by atoms with Crippen molar-refractivity contribution >= 4 is 143 Å². The molecule has 5 atom stereocenters. The fourth-order valence-corrected chi connectivity index (χ4v) is 14.9. The molecule has 96 heavy (non-hydrogen) atoms. The predicted molar refractivity (Wildman–Crippen MR) is 375 cm³/mol. The molecule has 0 amide bonds. The highest BCUT2D eigenvalue weighted by atomic mass is 79.9. The van der Waals surface area contributed by atoms with Gasteiger partial charge in [0.1, 0.15) is 24.9 Å². The standard InChI is InChI=1S/C20H27FN5O6PS2.C19H25BrN5O6PS2.C16H19ClN5O4P/c1-14-2-3-15(10-16(14)21)11-32-33(29,31-7-9-35(34)8-5-27)13-30-6-4-26-12-23-17-18(26)24-20(22)25-19(17)28;20-15-3-1-2-14(10-15)11-31-32(28,30-7-9-34(33)8-5-26)13-29-6-4-25-12-22-16-17(25)23-19(21)24-18(16)27;1-27(24,26-8-11-3-2-4-12(17)7-11)10-25-6-5-22-9-19-13-14(22)20-16(18)21-15(13)23/h2-3,10,12,27H,4-9,11,13H2,1H3,(H3,22,24,25,28);1-3,10,12,26H,4-9,11,13H2,(H3,21,23,24,27);2-4,7,9H,5-6,8,10H2,1H3,(H3,18,20,21,23). The number of hydrogen-bond acceptors (Lipinski definition) is 27. The van der Waals surface area contributed by atoms with Gasteiger partial charge in [-0.05, 0) is 59.5 Å². The number of benzene rings is 3. The number of nitrogens with two attached hydrogens (primary N) is 3. The van der Waals surface area contributed by atoms with Crippen LogP contribution in [0.5, 0.6) is 0 Å². The van der Waals surface area contributed by atoms with Gasteiger partial charge in [0.25, 0.3) is 16.7 Å². The molecule has 9 rings (SSSR count). The molecular weight excluding hydrogens is 1480 g/mol. The molecule has 6 aromatic heterocycles. The number of aliphatic hydroxyl groups is 2. The van der Waals surface area contributed by atoms with E-state index in [0.717, 1.165) is 15.6 Å². The zero-order chi connectivity index (χ0) is 69.4. The number of fused-ring (bicyclic) bond motifs is 3. The number of aliphatic hydroxyl groups excluding tert-OH is 2. The molecule has 31 nitrogen and oxygen atoms in total. The smallest absolute Gasteiger partial charge is 0.356 e. The third-order valence-electron chi connectivity index (χ3n) is 12.9. The minimum atomic E-state index is -3.72. The number of rotatable bonds is 36. The van der Waals surface area contributed by atoms with Crippen LogP contribution < -0.4 is 33.9 Å². The predicted octanol–water partition coefficient (Wildman–Crippen LogP) is 6.01. The number of nitrogen functional groups attached to an aromatic ring is 3. The molecule has 0 radical (unpaired) electrons. The quantitative estimate of drug-likeness (QED) is 0.0164. The number of halogens is 3. The third-order valence-corrected chi connectivity index (χ3v) is 22.7. The fraction of sp³-hybridized carbons (Fsp3) is 0.400. The van der Waals surface area contributed by atoms with Crippen LogP contribution in [0.15, 0.2) is 105 Å². The molecule has 0 spiro atoms. The Hall–Kier alpha value is -5.76. The van der Waals surface area contributed by atoms with Crippen LogP contribution in [-0.2, 0) is 131 Å². The van der Waals surface area contributed by atoms with Crippen molar-refractivity contribution in [2.75, 3.05) is 112 Å². The van der Waals surface area contributed by atoms with E-state index in [9.17, 15) is 32.5 Å². The molecule has 0 saturated carbocycles. The summed E-state index contributed by atoms with van der Waals surface area (Å²) >= 11 is 19.8. The van der Waals surface area contributed by atoms with Gasteiger partial charge in [-0.3, -0.25) is 43.0 Å². The van der Waals surface area contributed by atoms with Gasteiger partial charge in [-0.25, -0.2) is 19.3 Å². The van der Waals surface area contributed by atoms with Crippen molar-refractivity contribution in [3.05, 3.63) is 154 Å². The number of aromatic nitrogens is 12. The van der Waals surface area contributed by atoms with E-state index in [-0.39, 0.29) is 126 Å². The second kappa shape index (κ2) is 38.0. The Balaban J connectivity index is 0.000000205. The molecule has 0 fully saturated rings. The van der Waals surface area contributed by atoms with Crippen molar-refractivity contribution in [2.45, 2.75) is 46.4 Å². The first-order valence-electron chi connectivity index (χ1n) is 28.8. The van der Waals surface area contributed by atoms with E-state index in [2.05, 4.69) is 60.8 Å². The molecule has 5 unspecified atom stereocenters. The fourth-order valence-electron chi connectivity index (χ4n) is 8.22. The molecule has 0 bridgehead atoms. The Morgan fingerprint density at radius 1 is 0.573 bits per heavy atom. The lowest BCUT2D eigenvalue weighted by Crippen LogP contribution is -2.14. The van der Waals surface area contributed by atoms with Gasteiger partial charge in [0.15, 0.2) is 33.5 Å². The summed E-state index contributed by atoms with van der Waals surface area (Å²) in [6, 6.07) is 19.2. The number of hydrogen-bond donors (Lipinski definition) is 8. The van der Waals surface area contributed by atoms with E-state index < -0.39 is 64.0 Å². The van der Waals surface area contributed by atoms with Gasteiger partial charge < -0.3 is 77.9 Å². The summed E-state index contributed by atoms with van der Waals surface area (Å²) in [4.78, 5) is 67.0. The highest BCUT2D eigenvalue weighted by Crippen LogP contribution is 2.50. The van der Waals surface area contributed by atoms with Crippen LogP contribution in [0, 0.1) is 12.7 Å². The van der Waals surface area contributed by atoms with Crippen LogP contribution in [0.4, 0.5) is 22.2 Å². The summed E-state index contributed by atoms with van der Waals surface area (Å²) in [5.74, 6) is 1.41. The van der Waals surface area contributed by atoms with Gasteiger partial charge in [0, 0.05) is 58.8 Å². The van der Waals surface area contributed by atoms with E-state index >= 15 is 0 Å². The summed E-state index contributed by atoms with van der Waals surface area (Å²) in [5, 5.41) is 18.6. The maximum absolute atomic E-state index is 13.9. The second-order valence-electron chi connectivity index (χ2n) is 20.5. The minimum Gasteiger partial charge on any atom is -0.396 e. The summed E-state index contributed by atoms with van der Waals surface area (Å²) < 4.78 is 103. The lowest BCUT2D eigenvalue weighted by Gasteiger charge is -2.19. The van der Waals surface area contributed by atoms with E-state index in [0.29, 0.717) is 69.2 Å². The molecule has 0 saturated heterocycles. The zero-order valence-corrected chi connectivity index (χ0v) is 60.0. The van der Waals surface area contributed by atoms with Crippen molar-refractivity contribution in [3.8, 4) is 0 Å². The zero-order valence-electron chi connectivity index (χ0n) is 51.7. The van der Waals surface area contributed by atoms with Crippen molar-refractivity contribution in [2.24, 2.45) is 0 Å². The number of anilines is 3. The van der Waals surface area contributed by atoms with Crippen molar-refractivity contribution < 1.29 is 65.1 Å². The lowest BCUT2D eigenvalue weighted by atomic mass is 10.1. The van der Waals surface area contributed by atoms with Crippen molar-refractivity contribution in [1.82, 2.24) is 58.6 Å². The SMILES string of the molecule is CP(=O)(COCCn1cnc2c(=O)[nH]c(N)nc21)OCc1cccc(Cl)c1.Cc1ccc(COP(=O)(COCCn2cnc3c(=O)[nH]c(N)nc32)OCCS(=S)CCO)cc1F.Nc1nc2c(ncn2CCOCP(=O)(OCCS(=S)CCO)OCc2cccc(Br)c2)c(=O)[nH]1. The molecule has 6 heterocycles. The Morgan fingerprint density at radius 2 is 0.979 bits per heavy atom. The van der Waals surface area contributed by atoms with Crippen LogP contribution in [0.2, 0.25) is 5.02 Å². The average molecular weight is 1550 g/mol. The van der Waals surface area contributed by atoms with Gasteiger partial charge >= 0.3 is 15.2 Å². The summed E-state index contributed by atoms with van der Waals surface area (Å²) in [5.41, 5.74) is 19.6. The van der Waals surface area contributed by atoms with Gasteiger partial charge in [0.05, 0.1) is 85.1 Å². The molecule has 0 aliphatic heterocycles. The molecule has 9 aromatic rings. The number of H-pyrrole nitrogens is 3. The number of nitrogens with one attached hydrogen (secondary N) is 3. The number of imidazole rings is 3. The Bertz CT molecular complexity index is 4460. The lowest BCUT2D eigenvalue weighted by molar-refractivity contribution is 0.122. The van der Waals surface area contributed by atoms with Crippen LogP contribution in [-0.4, -0.2) is 164 Å². The van der Waals surface area contributed by atoms with Gasteiger partial charge in [-0.15, -0.1) is 18.9 Å². The highest BCUT2D eigenvalue weighted by Gasteiger charge is 2.28. The topological polar surface area (TPSA) is 434 Å². The van der Waals surface area contributed by atoms with Crippen LogP contribution in [0.1, 0.15) is 22.3 Å². The van der Waals surface area contributed by atoms with E-state index in [1.807, 2.05) is 30.3 Å². The van der Waals surface area contributed by atoms with Gasteiger partial charge in [-0.1, -0.05) is 86.3 Å². The van der Waals surface area contributed by atoms with Crippen LogP contribution >= 0.6 is 50.1 Å². The Kier molecular flexibility index (Phi) is 30.7. The molecule has 0 aliphatic carbocycles. The average Bonchev–Trinajstić information content (AvgIpc) is 1.65. The third kappa shape index (κ3) is 24.9. The van der Waals surface area contributed by atoms with Crippen LogP contribution in [0.25, 0.3) is 33.5 Å². The van der Waals surface area contributed by atoms with E-state index in [1.165, 1.54) is 31.7 Å². The number of ether oxygens (including phenoxy) is 3. The van der Waals surface area contributed by atoms with Gasteiger partial charge in [-0.2, -0.15) is 15.0 Å². The van der Waals surface area contributed by atoms with E-state index in [4.69, 9.17) is 98.2 Å². The molecular formula is C55H71BrClFN15O16P3S4. The number of nitrogens with zero attached hydrogens (tertiary/aromatic N) is 9.